The fourth-order valence-corrected chi connectivity index (χ4v) is 3.39. The molecule has 7 heteroatoms. The van der Waals surface area contributed by atoms with E-state index in [9.17, 15) is 13.2 Å². The minimum Gasteiger partial charge on any atom is -0.315 e. The Morgan fingerprint density at radius 3 is 2.68 bits per heavy atom. The highest BCUT2D eigenvalue weighted by atomic mass is 35.5. The van der Waals surface area contributed by atoms with Gasteiger partial charge in [-0.3, -0.25) is 9.88 Å². The van der Waals surface area contributed by atoms with Gasteiger partial charge in [-0.05, 0) is 42.8 Å². The van der Waals surface area contributed by atoms with E-state index in [0.29, 0.717) is 5.56 Å². The van der Waals surface area contributed by atoms with Crippen molar-refractivity contribution in [1.29, 1.82) is 0 Å². The maximum atomic E-state index is 13.3. The Hall–Kier alpha value is -1.63. The van der Waals surface area contributed by atoms with Gasteiger partial charge in [-0.2, -0.15) is 13.2 Å². The molecule has 2 heterocycles. The Balaban J connectivity index is 2.05. The topological polar surface area (TPSA) is 28.2 Å². The zero-order chi connectivity index (χ0) is 17.9. The summed E-state index contributed by atoms with van der Waals surface area (Å²) in [6.07, 6.45) is -1.88. The molecule has 1 N–H and O–H groups in total. The molecule has 0 aliphatic carbocycles. The van der Waals surface area contributed by atoms with Crippen LogP contribution < -0.4 is 5.32 Å². The number of aromatic nitrogens is 1. The van der Waals surface area contributed by atoms with Crippen molar-refractivity contribution in [2.75, 3.05) is 26.2 Å². The zero-order valence-corrected chi connectivity index (χ0v) is 14.3. The third-order valence-corrected chi connectivity index (χ3v) is 4.65. The number of nitrogens with zero attached hydrogens (tertiary/aromatic N) is 2. The van der Waals surface area contributed by atoms with Crippen molar-refractivity contribution in [1.82, 2.24) is 15.2 Å². The predicted octanol–water partition coefficient (Wildman–Crippen LogP) is 4.14. The van der Waals surface area contributed by atoms with Crippen LogP contribution in [0.25, 0.3) is 0 Å². The van der Waals surface area contributed by atoms with Crippen LogP contribution in [0.15, 0.2) is 42.6 Å². The minimum absolute atomic E-state index is 0.284. The first-order chi connectivity index (χ1) is 12.0. The van der Waals surface area contributed by atoms with Crippen LogP contribution in [-0.2, 0) is 6.18 Å². The molecule has 0 bridgehead atoms. The van der Waals surface area contributed by atoms with E-state index in [1.165, 1.54) is 6.07 Å². The van der Waals surface area contributed by atoms with Gasteiger partial charge in [0.25, 0.3) is 0 Å². The summed E-state index contributed by atoms with van der Waals surface area (Å²) < 4.78 is 39.8. The fourth-order valence-electron chi connectivity index (χ4n) is 3.16. The Labute approximate surface area is 149 Å². The second kappa shape index (κ2) is 7.72. The molecule has 25 heavy (non-hydrogen) atoms. The summed E-state index contributed by atoms with van der Waals surface area (Å²) in [6, 6.07) is 9.31. The van der Waals surface area contributed by atoms with E-state index in [-0.39, 0.29) is 11.1 Å². The number of rotatable bonds is 3. The lowest BCUT2D eigenvalue weighted by molar-refractivity contribution is -0.137. The standard InChI is InChI=1S/C18H19ClF3N3/c19-15-6-5-13(12-14(15)18(20,21)22)17(16-4-1-2-8-24-16)25-10-3-7-23-9-11-25/h1-2,4-6,8,12,17,23H,3,7,9-11H2. The highest BCUT2D eigenvalue weighted by molar-refractivity contribution is 6.31. The van der Waals surface area contributed by atoms with Crippen molar-refractivity contribution in [3.63, 3.8) is 0 Å². The van der Waals surface area contributed by atoms with E-state index < -0.39 is 11.7 Å². The second-order valence-electron chi connectivity index (χ2n) is 6.03. The zero-order valence-electron chi connectivity index (χ0n) is 13.6. The van der Waals surface area contributed by atoms with Gasteiger partial charge in [0.2, 0.25) is 0 Å². The summed E-state index contributed by atoms with van der Waals surface area (Å²) in [5.74, 6) is 0. The number of alkyl halides is 3. The SMILES string of the molecule is FC(F)(F)c1cc(C(c2ccccn2)N2CCCNCC2)ccc1Cl. The minimum atomic E-state index is -4.48. The number of pyridine rings is 1. The van der Waals surface area contributed by atoms with Gasteiger partial charge >= 0.3 is 6.18 Å². The summed E-state index contributed by atoms with van der Waals surface area (Å²) >= 11 is 5.78. The molecule has 1 aliphatic heterocycles. The van der Waals surface area contributed by atoms with Gasteiger partial charge in [0.15, 0.2) is 0 Å². The van der Waals surface area contributed by atoms with E-state index in [4.69, 9.17) is 11.6 Å². The van der Waals surface area contributed by atoms with Crippen LogP contribution in [0.3, 0.4) is 0 Å². The number of nitrogens with one attached hydrogen (secondary N) is 1. The summed E-state index contributed by atoms with van der Waals surface area (Å²) in [5, 5.41) is 3.03. The Morgan fingerprint density at radius 1 is 1.12 bits per heavy atom. The molecular weight excluding hydrogens is 351 g/mol. The van der Waals surface area contributed by atoms with E-state index in [2.05, 4.69) is 15.2 Å². The highest BCUT2D eigenvalue weighted by Gasteiger charge is 2.35. The average molecular weight is 370 g/mol. The molecule has 1 fully saturated rings. The molecule has 134 valence electrons. The van der Waals surface area contributed by atoms with Crippen LogP contribution in [0.1, 0.15) is 29.3 Å². The first-order valence-corrected chi connectivity index (χ1v) is 8.57. The van der Waals surface area contributed by atoms with Gasteiger partial charge in [-0.1, -0.05) is 23.7 Å². The molecule has 1 unspecified atom stereocenters. The normalized spacial score (nSPS) is 17.9. The summed E-state index contributed by atoms with van der Waals surface area (Å²) in [7, 11) is 0. The van der Waals surface area contributed by atoms with Gasteiger partial charge in [0.05, 0.1) is 22.3 Å². The third-order valence-electron chi connectivity index (χ3n) is 4.32. The van der Waals surface area contributed by atoms with E-state index in [1.54, 1.807) is 18.3 Å². The fraction of sp³-hybridized carbons (Fsp3) is 0.389. The molecule has 0 spiro atoms. The Bertz CT molecular complexity index is 698. The molecule has 1 aliphatic rings. The van der Waals surface area contributed by atoms with E-state index >= 15 is 0 Å². The lowest BCUT2D eigenvalue weighted by atomic mass is 9.98. The average Bonchev–Trinajstić information content (AvgIpc) is 2.86. The van der Waals surface area contributed by atoms with Crippen LogP contribution >= 0.6 is 11.6 Å². The first-order valence-electron chi connectivity index (χ1n) is 8.19. The van der Waals surface area contributed by atoms with Crippen molar-refractivity contribution in [3.05, 3.63) is 64.4 Å². The van der Waals surface area contributed by atoms with Crippen molar-refractivity contribution < 1.29 is 13.2 Å². The molecule has 1 saturated heterocycles. The van der Waals surface area contributed by atoms with Crippen LogP contribution in [0, 0.1) is 0 Å². The molecular formula is C18H19ClF3N3. The number of hydrogen-bond donors (Lipinski definition) is 1. The monoisotopic (exact) mass is 369 g/mol. The molecule has 0 amide bonds. The maximum absolute atomic E-state index is 13.3. The number of benzene rings is 1. The molecule has 3 nitrogen and oxygen atoms in total. The highest BCUT2D eigenvalue weighted by Crippen LogP contribution is 2.38. The Kier molecular flexibility index (Phi) is 5.61. The maximum Gasteiger partial charge on any atom is 0.417 e. The van der Waals surface area contributed by atoms with Crippen LogP contribution in [-0.4, -0.2) is 36.1 Å². The van der Waals surface area contributed by atoms with Gasteiger partial charge < -0.3 is 5.32 Å². The van der Waals surface area contributed by atoms with E-state index in [0.717, 1.165) is 44.4 Å². The molecule has 3 rings (SSSR count). The van der Waals surface area contributed by atoms with Crippen LogP contribution in [0.2, 0.25) is 5.02 Å². The van der Waals surface area contributed by atoms with Crippen LogP contribution in [0.5, 0.6) is 0 Å². The van der Waals surface area contributed by atoms with Gasteiger partial charge in [0, 0.05) is 25.8 Å². The largest absolute Gasteiger partial charge is 0.417 e. The lowest BCUT2D eigenvalue weighted by Gasteiger charge is -2.31. The number of halogens is 4. The third kappa shape index (κ3) is 4.32. The smallest absolute Gasteiger partial charge is 0.315 e. The van der Waals surface area contributed by atoms with Crippen molar-refractivity contribution in [2.45, 2.75) is 18.6 Å². The van der Waals surface area contributed by atoms with Crippen molar-refractivity contribution in [3.8, 4) is 0 Å². The molecule has 1 atom stereocenters. The van der Waals surface area contributed by atoms with Gasteiger partial charge in [-0.15, -0.1) is 0 Å². The van der Waals surface area contributed by atoms with E-state index in [1.807, 2.05) is 12.1 Å². The van der Waals surface area contributed by atoms with Crippen LogP contribution in [0.4, 0.5) is 13.2 Å². The Morgan fingerprint density at radius 2 is 1.96 bits per heavy atom. The molecule has 0 radical (unpaired) electrons. The molecule has 1 aromatic carbocycles. The quantitative estimate of drug-likeness (QED) is 0.881. The molecule has 0 saturated carbocycles. The number of hydrogen-bond acceptors (Lipinski definition) is 3. The summed E-state index contributed by atoms with van der Waals surface area (Å²) in [5.41, 5.74) is 0.484. The second-order valence-corrected chi connectivity index (χ2v) is 6.44. The van der Waals surface area contributed by atoms with Gasteiger partial charge in [0.1, 0.15) is 0 Å². The van der Waals surface area contributed by atoms with Crippen molar-refractivity contribution >= 4 is 11.6 Å². The van der Waals surface area contributed by atoms with Gasteiger partial charge in [-0.25, -0.2) is 0 Å². The lowest BCUT2D eigenvalue weighted by Crippen LogP contribution is -2.33. The molecule has 2 aromatic rings. The summed E-state index contributed by atoms with van der Waals surface area (Å²) in [4.78, 5) is 6.57. The predicted molar refractivity (Wildman–Crippen MR) is 91.6 cm³/mol. The van der Waals surface area contributed by atoms with Crippen molar-refractivity contribution in [2.24, 2.45) is 0 Å². The molecule has 1 aromatic heterocycles. The summed E-state index contributed by atoms with van der Waals surface area (Å²) in [6.45, 7) is 3.23. The first kappa shape index (κ1) is 18.2.